The molecule has 1 fully saturated rings. The zero-order chi connectivity index (χ0) is 11.6. The van der Waals surface area contributed by atoms with Crippen molar-refractivity contribution in [1.82, 2.24) is 9.88 Å². The van der Waals surface area contributed by atoms with Gasteiger partial charge in [-0.3, -0.25) is 4.79 Å². The van der Waals surface area contributed by atoms with Gasteiger partial charge in [0.25, 0.3) is 0 Å². The van der Waals surface area contributed by atoms with Crippen LogP contribution in [0.5, 0.6) is 0 Å². The molecule has 0 aliphatic heterocycles. The van der Waals surface area contributed by atoms with Crippen molar-refractivity contribution in [3.63, 3.8) is 0 Å². The van der Waals surface area contributed by atoms with E-state index in [-0.39, 0.29) is 11.3 Å². The maximum absolute atomic E-state index is 12.0. The fourth-order valence-corrected chi connectivity index (χ4v) is 2.26. The van der Waals surface area contributed by atoms with Crippen LogP contribution in [0.25, 0.3) is 0 Å². The Kier molecular flexibility index (Phi) is 3.01. The number of hydrogen-bond acceptors (Lipinski definition) is 2. The summed E-state index contributed by atoms with van der Waals surface area (Å²) in [5.41, 5.74) is 5.19. The molecule has 1 saturated carbocycles. The molecule has 16 heavy (non-hydrogen) atoms. The van der Waals surface area contributed by atoms with E-state index in [9.17, 15) is 4.79 Å². The first-order valence-electron chi connectivity index (χ1n) is 5.78. The lowest BCUT2D eigenvalue weighted by molar-refractivity contribution is -0.127. The summed E-state index contributed by atoms with van der Waals surface area (Å²) >= 11 is 0. The van der Waals surface area contributed by atoms with E-state index in [2.05, 4.69) is 16.8 Å². The van der Waals surface area contributed by atoms with E-state index in [0.717, 1.165) is 13.0 Å². The van der Waals surface area contributed by atoms with Gasteiger partial charge in [0.05, 0.1) is 5.41 Å². The maximum Gasteiger partial charge on any atom is 0.228 e. The Labute approximate surface area is 95.8 Å². The molecule has 1 aliphatic carbocycles. The predicted octanol–water partition coefficient (Wildman–Crippen LogP) is 0.589. The van der Waals surface area contributed by atoms with Crippen molar-refractivity contribution in [2.45, 2.75) is 19.9 Å². The summed E-state index contributed by atoms with van der Waals surface area (Å²) in [7, 11) is 0. The molecule has 0 spiro atoms. The molecule has 1 aromatic rings. The molecule has 1 heterocycles. The molecule has 0 aromatic carbocycles. The minimum atomic E-state index is -0.200. The Balaban J connectivity index is 2.00. The SMILES string of the molecule is CC1CC1(Cn1cccc1)C(=O)NCCN. The van der Waals surface area contributed by atoms with E-state index in [1.807, 2.05) is 24.5 Å². The summed E-state index contributed by atoms with van der Waals surface area (Å²) in [6.07, 6.45) is 4.98. The van der Waals surface area contributed by atoms with E-state index in [1.54, 1.807) is 0 Å². The van der Waals surface area contributed by atoms with Crippen LogP contribution in [0.1, 0.15) is 13.3 Å². The lowest BCUT2D eigenvalue weighted by Crippen LogP contribution is -2.38. The number of nitrogens with two attached hydrogens (primary N) is 1. The average molecular weight is 221 g/mol. The van der Waals surface area contributed by atoms with Gasteiger partial charge in [0.15, 0.2) is 0 Å². The molecule has 2 rings (SSSR count). The lowest BCUT2D eigenvalue weighted by atomic mass is 10.0. The van der Waals surface area contributed by atoms with Gasteiger partial charge < -0.3 is 15.6 Å². The fraction of sp³-hybridized carbons (Fsp3) is 0.583. The minimum absolute atomic E-state index is 0.152. The van der Waals surface area contributed by atoms with E-state index in [4.69, 9.17) is 5.73 Å². The Bertz CT molecular complexity index is 360. The zero-order valence-corrected chi connectivity index (χ0v) is 9.65. The summed E-state index contributed by atoms with van der Waals surface area (Å²) < 4.78 is 2.07. The molecule has 3 N–H and O–H groups in total. The van der Waals surface area contributed by atoms with E-state index in [0.29, 0.717) is 19.0 Å². The number of hydrogen-bond donors (Lipinski definition) is 2. The summed E-state index contributed by atoms with van der Waals surface area (Å²) in [5, 5.41) is 2.90. The normalized spacial score (nSPS) is 27.8. The van der Waals surface area contributed by atoms with Crippen molar-refractivity contribution in [3.8, 4) is 0 Å². The summed E-state index contributed by atoms with van der Waals surface area (Å²) in [5.74, 6) is 0.617. The predicted molar refractivity (Wildman–Crippen MR) is 62.7 cm³/mol. The highest BCUT2D eigenvalue weighted by Crippen LogP contribution is 2.53. The molecule has 0 bridgehead atoms. The van der Waals surface area contributed by atoms with Crippen molar-refractivity contribution in [2.75, 3.05) is 13.1 Å². The first-order chi connectivity index (χ1) is 7.69. The largest absolute Gasteiger partial charge is 0.354 e. The summed E-state index contributed by atoms with van der Waals surface area (Å²) in [4.78, 5) is 12.0. The highest BCUT2D eigenvalue weighted by Gasteiger charge is 2.57. The number of aromatic nitrogens is 1. The third-order valence-electron chi connectivity index (χ3n) is 3.47. The number of rotatable bonds is 5. The molecule has 0 radical (unpaired) electrons. The topological polar surface area (TPSA) is 60.0 Å². The highest BCUT2D eigenvalue weighted by molar-refractivity contribution is 5.85. The number of amides is 1. The van der Waals surface area contributed by atoms with E-state index >= 15 is 0 Å². The standard InChI is InChI=1S/C12H19N3O/c1-10-8-12(10,11(16)14-5-4-13)9-15-6-2-3-7-15/h2-3,6-7,10H,4-5,8-9,13H2,1H3,(H,14,16). The Hall–Kier alpha value is -1.29. The quantitative estimate of drug-likeness (QED) is 0.764. The fourth-order valence-electron chi connectivity index (χ4n) is 2.26. The molecule has 0 saturated heterocycles. The monoisotopic (exact) mass is 221 g/mol. The number of carbonyl (C=O) groups excluding carboxylic acids is 1. The summed E-state index contributed by atoms with van der Waals surface area (Å²) in [6.45, 7) is 3.97. The van der Waals surface area contributed by atoms with Crippen LogP contribution in [0.15, 0.2) is 24.5 Å². The van der Waals surface area contributed by atoms with E-state index in [1.165, 1.54) is 0 Å². The zero-order valence-electron chi connectivity index (χ0n) is 9.65. The smallest absolute Gasteiger partial charge is 0.228 e. The van der Waals surface area contributed by atoms with Crippen molar-refractivity contribution in [2.24, 2.45) is 17.1 Å². The second kappa shape index (κ2) is 4.29. The van der Waals surface area contributed by atoms with Gasteiger partial charge in [-0.05, 0) is 24.5 Å². The second-order valence-corrected chi connectivity index (χ2v) is 4.66. The molecule has 2 atom stereocenters. The van der Waals surface area contributed by atoms with Crippen LogP contribution in [0.2, 0.25) is 0 Å². The van der Waals surface area contributed by atoms with Crippen LogP contribution in [0.4, 0.5) is 0 Å². The van der Waals surface area contributed by atoms with Gasteiger partial charge in [0.2, 0.25) is 5.91 Å². The average Bonchev–Trinajstić information content (AvgIpc) is 2.71. The minimum Gasteiger partial charge on any atom is -0.354 e. The van der Waals surface area contributed by atoms with Crippen LogP contribution in [0, 0.1) is 11.3 Å². The molecule has 4 heteroatoms. The van der Waals surface area contributed by atoms with Gasteiger partial charge in [-0.1, -0.05) is 6.92 Å². The number of nitrogens with zero attached hydrogens (tertiary/aromatic N) is 1. The van der Waals surface area contributed by atoms with Gasteiger partial charge in [-0.15, -0.1) is 0 Å². The first kappa shape index (κ1) is 11.2. The van der Waals surface area contributed by atoms with Gasteiger partial charge in [0.1, 0.15) is 0 Å². The second-order valence-electron chi connectivity index (χ2n) is 4.66. The molecule has 2 unspecified atom stereocenters. The highest BCUT2D eigenvalue weighted by atomic mass is 16.2. The van der Waals surface area contributed by atoms with Crippen LogP contribution in [-0.4, -0.2) is 23.6 Å². The van der Waals surface area contributed by atoms with Crippen LogP contribution in [-0.2, 0) is 11.3 Å². The Morgan fingerprint density at radius 3 is 2.69 bits per heavy atom. The number of carbonyl (C=O) groups is 1. The van der Waals surface area contributed by atoms with Crippen LogP contribution >= 0.6 is 0 Å². The van der Waals surface area contributed by atoms with Crippen molar-refractivity contribution >= 4 is 5.91 Å². The number of nitrogens with one attached hydrogen (secondary N) is 1. The Morgan fingerprint density at radius 1 is 1.56 bits per heavy atom. The van der Waals surface area contributed by atoms with Crippen molar-refractivity contribution in [3.05, 3.63) is 24.5 Å². The van der Waals surface area contributed by atoms with Gasteiger partial charge >= 0.3 is 0 Å². The van der Waals surface area contributed by atoms with Crippen molar-refractivity contribution in [1.29, 1.82) is 0 Å². The van der Waals surface area contributed by atoms with E-state index < -0.39 is 0 Å². The maximum atomic E-state index is 12.0. The lowest BCUT2D eigenvalue weighted by Gasteiger charge is -2.17. The van der Waals surface area contributed by atoms with Crippen LogP contribution < -0.4 is 11.1 Å². The molecular weight excluding hydrogens is 202 g/mol. The van der Waals surface area contributed by atoms with Crippen LogP contribution in [0.3, 0.4) is 0 Å². The molecule has 1 amide bonds. The molecule has 88 valence electrons. The van der Waals surface area contributed by atoms with Gasteiger partial charge in [0, 0.05) is 32.0 Å². The molecular formula is C12H19N3O. The van der Waals surface area contributed by atoms with Gasteiger partial charge in [-0.25, -0.2) is 0 Å². The Morgan fingerprint density at radius 2 is 2.19 bits per heavy atom. The molecule has 1 aromatic heterocycles. The summed E-state index contributed by atoms with van der Waals surface area (Å²) in [6, 6.07) is 3.97. The van der Waals surface area contributed by atoms with Crippen molar-refractivity contribution < 1.29 is 4.79 Å². The first-order valence-corrected chi connectivity index (χ1v) is 5.78. The molecule has 1 aliphatic rings. The third kappa shape index (κ3) is 1.97. The molecule has 4 nitrogen and oxygen atoms in total. The van der Waals surface area contributed by atoms with Gasteiger partial charge in [-0.2, -0.15) is 0 Å². The third-order valence-corrected chi connectivity index (χ3v) is 3.47.